The number of carbonyl (C=O) groups excluding carboxylic acids is 1. The Bertz CT molecular complexity index is 899. The molecule has 0 fully saturated rings. The van der Waals surface area contributed by atoms with Crippen LogP contribution in [0.5, 0.6) is 0 Å². The Morgan fingerprint density at radius 2 is 1.68 bits per heavy atom. The van der Waals surface area contributed by atoms with Crippen molar-refractivity contribution in [3.8, 4) is 11.5 Å². The summed E-state index contributed by atoms with van der Waals surface area (Å²) in [4.78, 5) is 13.5. The van der Waals surface area contributed by atoms with Gasteiger partial charge in [-0.15, -0.1) is 10.2 Å². The first-order chi connectivity index (χ1) is 13.5. The maximum Gasteiger partial charge on any atom is 0.247 e. The molecule has 0 unspecified atom stereocenters. The number of quaternary nitrogens is 1. The van der Waals surface area contributed by atoms with E-state index in [0.717, 1.165) is 17.7 Å². The minimum absolute atomic E-state index is 0.0306. The van der Waals surface area contributed by atoms with Gasteiger partial charge in [-0.05, 0) is 24.6 Å². The quantitative estimate of drug-likeness (QED) is 0.627. The standard InChI is InChI=1S/C22H26N4O2/c1-16-4-10-19(11-5-16)22-25-24-21(28-22)13-12-20(27)23-14-17-6-8-18(9-7-17)15-26(2)3/h4-11H,12-15H2,1-3H3,(H,23,27)/p+1. The van der Waals surface area contributed by atoms with Crippen LogP contribution in [-0.4, -0.2) is 30.2 Å². The Labute approximate surface area is 165 Å². The highest BCUT2D eigenvalue weighted by molar-refractivity contribution is 5.76. The van der Waals surface area contributed by atoms with Gasteiger partial charge in [0.1, 0.15) is 6.54 Å². The lowest BCUT2D eigenvalue weighted by atomic mass is 10.1. The monoisotopic (exact) mass is 379 g/mol. The summed E-state index contributed by atoms with van der Waals surface area (Å²) in [7, 11) is 4.25. The molecule has 0 bridgehead atoms. The molecule has 6 nitrogen and oxygen atoms in total. The van der Waals surface area contributed by atoms with Crippen LogP contribution in [0, 0.1) is 6.92 Å². The summed E-state index contributed by atoms with van der Waals surface area (Å²) in [6.07, 6.45) is 0.743. The number of hydrogen-bond acceptors (Lipinski definition) is 4. The molecule has 0 atom stereocenters. The fourth-order valence-corrected chi connectivity index (χ4v) is 2.86. The van der Waals surface area contributed by atoms with Gasteiger partial charge in [0.2, 0.25) is 17.7 Å². The summed E-state index contributed by atoms with van der Waals surface area (Å²) >= 11 is 0. The van der Waals surface area contributed by atoms with Crippen molar-refractivity contribution in [1.29, 1.82) is 0 Å². The maximum atomic E-state index is 12.1. The van der Waals surface area contributed by atoms with Crippen molar-refractivity contribution in [2.45, 2.75) is 32.9 Å². The van der Waals surface area contributed by atoms with Crippen molar-refractivity contribution in [3.05, 3.63) is 71.1 Å². The van der Waals surface area contributed by atoms with Crippen LogP contribution in [-0.2, 0) is 24.3 Å². The zero-order valence-corrected chi connectivity index (χ0v) is 16.7. The molecule has 3 rings (SSSR count). The molecular formula is C22H27N4O2+. The Kier molecular flexibility index (Phi) is 6.55. The first-order valence-corrected chi connectivity index (χ1v) is 9.52. The average Bonchev–Trinajstić information content (AvgIpc) is 3.15. The lowest BCUT2D eigenvalue weighted by Gasteiger charge is -2.08. The molecule has 0 saturated heterocycles. The predicted molar refractivity (Wildman–Crippen MR) is 108 cm³/mol. The fraction of sp³-hybridized carbons (Fsp3) is 0.318. The van der Waals surface area contributed by atoms with E-state index in [1.54, 1.807) is 0 Å². The molecule has 0 spiro atoms. The molecule has 146 valence electrons. The summed E-state index contributed by atoms with van der Waals surface area (Å²) < 4.78 is 5.66. The van der Waals surface area contributed by atoms with Gasteiger partial charge in [0.05, 0.1) is 14.1 Å². The summed E-state index contributed by atoms with van der Waals surface area (Å²) in [5, 5.41) is 11.0. The number of amides is 1. The van der Waals surface area contributed by atoms with E-state index in [1.807, 2.05) is 31.2 Å². The third kappa shape index (κ3) is 5.76. The molecular weight excluding hydrogens is 352 g/mol. The van der Waals surface area contributed by atoms with Crippen LogP contribution in [0.2, 0.25) is 0 Å². The van der Waals surface area contributed by atoms with Crippen LogP contribution in [0.25, 0.3) is 11.5 Å². The van der Waals surface area contributed by atoms with Crippen molar-refractivity contribution >= 4 is 5.91 Å². The lowest BCUT2D eigenvalue weighted by molar-refractivity contribution is -0.872. The normalized spacial score (nSPS) is 11.0. The molecule has 6 heteroatoms. The molecule has 3 aromatic rings. The molecule has 28 heavy (non-hydrogen) atoms. The number of hydrogen-bond donors (Lipinski definition) is 2. The number of rotatable bonds is 8. The molecule has 0 aliphatic rings. The van der Waals surface area contributed by atoms with Crippen molar-refractivity contribution < 1.29 is 14.1 Å². The Morgan fingerprint density at radius 1 is 1.00 bits per heavy atom. The van der Waals surface area contributed by atoms with Crippen molar-refractivity contribution in [1.82, 2.24) is 15.5 Å². The van der Waals surface area contributed by atoms with Gasteiger partial charge in [0.15, 0.2) is 0 Å². The van der Waals surface area contributed by atoms with Crippen molar-refractivity contribution in [3.63, 3.8) is 0 Å². The van der Waals surface area contributed by atoms with Crippen LogP contribution in [0.1, 0.15) is 29.0 Å². The van der Waals surface area contributed by atoms with Gasteiger partial charge in [-0.3, -0.25) is 4.79 Å². The third-order valence-electron chi connectivity index (χ3n) is 4.40. The van der Waals surface area contributed by atoms with Gasteiger partial charge in [-0.2, -0.15) is 0 Å². The number of benzene rings is 2. The number of nitrogens with one attached hydrogen (secondary N) is 2. The van der Waals surface area contributed by atoms with E-state index in [2.05, 4.69) is 53.9 Å². The van der Waals surface area contributed by atoms with Crippen molar-refractivity contribution in [2.24, 2.45) is 0 Å². The second-order valence-corrected chi connectivity index (χ2v) is 7.34. The van der Waals surface area contributed by atoms with Crippen LogP contribution >= 0.6 is 0 Å². The van der Waals surface area contributed by atoms with Gasteiger partial charge in [-0.1, -0.05) is 42.0 Å². The molecule has 0 radical (unpaired) electrons. The minimum atomic E-state index is -0.0306. The van der Waals surface area contributed by atoms with Crippen LogP contribution in [0.4, 0.5) is 0 Å². The van der Waals surface area contributed by atoms with E-state index in [-0.39, 0.29) is 5.91 Å². The van der Waals surface area contributed by atoms with Gasteiger partial charge in [0, 0.05) is 30.5 Å². The second-order valence-electron chi connectivity index (χ2n) is 7.34. The van der Waals surface area contributed by atoms with E-state index in [4.69, 9.17) is 4.42 Å². The first-order valence-electron chi connectivity index (χ1n) is 9.52. The third-order valence-corrected chi connectivity index (χ3v) is 4.40. The largest absolute Gasteiger partial charge is 0.421 e. The smallest absolute Gasteiger partial charge is 0.247 e. The number of nitrogens with zero attached hydrogens (tertiary/aromatic N) is 2. The van der Waals surface area contributed by atoms with Crippen LogP contribution in [0.15, 0.2) is 52.9 Å². The number of carbonyl (C=O) groups is 1. The topological polar surface area (TPSA) is 72.5 Å². The lowest BCUT2D eigenvalue weighted by Crippen LogP contribution is -3.04. The maximum absolute atomic E-state index is 12.1. The average molecular weight is 379 g/mol. The molecule has 1 aromatic heterocycles. The Morgan fingerprint density at radius 3 is 2.36 bits per heavy atom. The first kappa shape index (κ1) is 19.8. The van der Waals surface area contributed by atoms with E-state index in [1.165, 1.54) is 16.0 Å². The predicted octanol–water partition coefficient (Wildman–Crippen LogP) is 1.94. The summed E-state index contributed by atoms with van der Waals surface area (Å²) in [6, 6.07) is 16.2. The van der Waals surface area contributed by atoms with Crippen molar-refractivity contribution in [2.75, 3.05) is 14.1 Å². The summed E-state index contributed by atoms with van der Waals surface area (Å²) in [6.45, 7) is 3.54. The fourth-order valence-electron chi connectivity index (χ4n) is 2.86. The Balaban J connectivity index is 1.45. The highest BCUT2D eigenvalue weighted by Crippen LogP contribution is 2.18. The van der Waals surface area contributed by atoms with Crippen LogP contribution < -0.4 is 10.2 Å². The van der Waals surface area contributed by atoms with E-state index in [9.17, 15) is 4.79 Å². The Hall–Kier alpha value is -2.99. The second kappa shape index (κ2) is 9.28. The molecule has 0 aliphatic carbocycles. The molecule has 0 aliphatic heterocycles. The summed E-state index contributed by atoms with van der Waals surface area (Å²) in [5.74, 6) is 0.924. The van der Waals surface area contributed by atoms with E-state index in [0.29, 0.717) is 31.2 Å². The minimum Gasteiger partial charge on any atom is -0.421 e. The molecule has 1 amide bonds. The SMILES string of the molecule is Cc1ccc(-c2nnc(CCC(=O)NCc3ccc(C[NH+](C)C)cc3)o2)cc1. The molecule has 0 saturated carbocycles. The van der Waals surface area contributed by atoms with Crippen LogP contribution in [0.3, 0.4) is 0 Å². The van der Waals surface area contributed by atoms with Gasteiger partial charge < -0.3 is 14.6 Å². The zero-order valence-electron chi connectivity index (χ0n) is 16.7. The number of aryl methyl sites for hydroxylation is 2. The van der Waals surface area contributed by atoms with Gasteiger partial charge >= 0.3 is 0 Å². The van der Waals surface area contributed by atoms with Gasteiger partial charge in [-0.25, -0.2) is 0 Å². The highest BCUT2D eigenvalue weighted by atomic mass is 16.4. The molecule has 1 heterocycles. The van der Waals surface area contributed by atoms with Gasteiger partial charge in [0.25, 0.3) is 0 Å². The zero-order chi connectivity index (χ0) is 19.9. The molecule has 2 aromatic carbocycles. The van der Waals surface area contributed by atoms with E-state index >= 15 is 0 Å². The van der Waals surface area contributed by atoms with E-state index < -0.39 is 0 Å². The molecule has 2 N–H and O–H groups in total. The number of aromatic nitrogens is 2. The summed E-state index contributed by atoms with van der Waals surface area (Å²) in [5.41, 5.74) is 4.43. The highest BCUT2D eigenvalue weighted by Gasteiger charge is 2.10.